The molecule has 1 aromatic rings. The molecule has 0 unspecified atom stereocenters. The normalized spacial score (nSPS) is 16.7. The van der Waals surface area contributed by atoms with Gasteiger partial charge in [-0.15, -0.1) is 0 Å². The number of piperazine rings is 1. The van der Waals surface area contributed by atoms with Gasteiger partial charge in [-0.2, -0.15) is 0 Å². The molecule has 19 heavy (non-hydrogen) atoms. The van der Waals surface area contributed by atoms with E-state index >= 15 is 0 Å². The number of ether oxygens (including phenoxy) is 1. The first-order valence-corrected chi connectivity index (χ1v) is 6.04. The zero-order valence-corrected chi connectivity index (χ0v) is 10.6. The van der Waals surface area contributed by atoms with Crippen molar-refractivity contribution in [1.82, 2.24) is 10.2 Å². The quantitative estimate of drug-likeness (QED) is 0.869. The second-order valence-corrected chi connectivity index (χ2v) is 4.32. The van der Waals surface area contributed by atoms with Gasteiger partial charge in [0.2, 0.25) is 5.91 Å². The van der Waals surface area contributed by atoms with Gasteiger partial charge in [0.1, 0.15) is 11.6 Å². The maximum absolute atomic E-state index is 12.7. The summed E-state index contributed by atoms with van der Waals surface area (Å²) in [6, 6.07) is 5.45. The standard InChI is InChI=1S/C13H15FN2O3/c1-9(19-11-4-2-10(14)3-5-11)13(18)16-7-6-15-12(17)8-16/h2-5,9H,6-8H2,1H3,(H,15,17)/t9-/m0/s1. The molecule has 0 aromatic heterocycles. The minimum Gasteiger partial charge on any atom is -0.481 e. The highest BCUT2D eigenvalue weighted by atomic mass is 19.1. The van der Waals surface area contributed by atoms with Crippen LogP contribution in [0.25, 0.3) is 0 Å². The van der Waals surface area contributed by atoms with Crippen LogP contribution in [0.2, 0.25) is 0 Å². The molecule has 1 fully saturated rings. The van der Waals surface area contributed by atoms with E-state index in [0.29, 0.717) is 18.8 Å². The maximum Gasteiger partial charge on any atom is 0.263 e. The van der Waals surface area contributed by atoms with E-state index in [2.05, 4.69) is 5.32 Å². The third-order valence-corrected chi connectivity index (χ3v) is 2.82. The zero-order chi connectivity index (χ0) is 13.8. The number of hydrogen-bond donors (Lipinski definition) is 1. The molecule has 6 heteroatoms. The van der Waals surface area contributed by atoms with Crippen LogP contribution in [0.15, 0.2) is 24.3 Å². The number of rotatable bonds is 3. The summed E-state index contributed by atoms with van der Waals surface area (Å²) in [5.41, 5.74) is 0. The fourth-order valence-electron chi connectivity index (χ4n) is 1.85. The summed E-state index contributed by atoms with van der Waals surface area (Å²) in [4.78, 5) is 24.7. The van der Waals surface area contributed by atoms with Gasteiger partial charge in [-0.3, -0.25) is 9.59 Å². The summed E-state index contributed by atoms with van der Waals surface area (Å²) < 4.78 is 18.2. The lowest BCUT2D eigenvalue weighted by atomic mass is 10.2. The first-order chi connectivity index (χ1) is 9.06. The van der Waals surface area contributed by atoms with Crippen molar-refractivity contribution in [2.24, 2.45) is 0 Å². The van der Waals surface area contributed by atoms with E-state index in [9.17, 15) is 14.0 Å². The number of amides is 2. The van der Waals surface area contributed by atoms with Gasteiger partial charge in [0.05, 0.1) is 6.54 Å². The van der Waals surface area contributed by atoms with E-state index in [1.165, 1.54) is 29.2 Å². The van der Waals surface area contributed by atoms with Crippen molar-refractivity contribution in [1.29, 1.82) is 0 Å². The number of nitrogens with zero attached hydrogens (tertiary/aromatic N) is 1. The van der Waals surface area contributed by atoms with Gasteiger partial charge in [0.15, 0.2) is 6.10 Å². The second kappa shape index (κ2) is 5.69. The molecule has 0 bridgehead atoms. The Morgan fingerprint density at radius 3 is 2.74 bits per heavy atom. The Morgan fingerprint density at radius 2 is 2.11 bits per heavy atom. The summed E-state index contributed by atoms with van der Waals surface area (Å²) in [5.74, 6) is -0.365. The van der Waals surface area contributed by atoms with E-state index in [1.54, 1.807) is 6.92 Å². The monoisotopic (exact) mass is 266 g/mol. The lowest BCUT2D eigenvalue weighted by Gasteiger charge is -2.29. The predicted octanol–water partition coefficient (Wildman–Crippen LogP) is 0.551. The molecule has 1 atom stereocenters. The number of halogens is 1. The van der Waals surface area contributed by atoms with Crippen LogP contribution in [-0.2, 0) is 9.59 Å². The van der Waals surface area contributed by atoms with Gasteiger partial charge in [0.25, 0.3) is 5.91 Å². The third-order valence-electron chi connectivity index (χ3n) is 2.82. The van der Waals surface area contributed by atoms with Crippen LogP contribution in [0.5, 0.6) is 5.75 Å². The Labute approximate surface area is 110 Å². The molecule has 1 aliphatic rings. The number of benzene rings is 1. The molecular formula is C13H15FN2O3. The molecule has 2 rings (SSSR count). The summed E-state index contributed by atoms with van der Waals surface area (Å²) >= 11 is 0. The van der Waals surface area contributed by atoms with E-state index < -0.39 is 6.10 Å². The molecule has 1 saturated heterocycles. The summed E-state index contributed by atoms with van der Waals surface area (Å²) in [6.07, 6.45) is -0.712. The van der Waals surface area contributed by atoms with Crippen LogP contribution < -0.4 is 10.1 Å². The van der Waals surface area contributed by atoms with Crippen LogP contribution in [0, 0.1) is 5.82 Å². The van der Waals surface area contributed by atoms with Crippen LogP contribution >= 0.6 is 0 Å². The molecule has 1 N–H and O–H groups in total. The molecule has 0 spiro atoms. The van der Waals surface area contributed by atoms with E-state index in [4.69, 9.17) is 4.74 Å². The minimum absolute atomic E-state index is 0.0515. The van der Waals surface area contributed by atoms with E-state index in [1.807, 2.05) is 0 Å². The van der Waals surface area contributed by atoms with Gasteiger partial charge in [-0.1, -0.05) is 0 Å². The first kappa shape index (κ1) is 13.3. The van der Waals surface area contributed by atoms with Gasteiger partial charge >= 0.3 is 0 Å². The molecule has 0 radical (unpaired) electrons. The van der Waals surface area contributed by atoms with Crippen LogP contribution in [0.1, 0.15) is 6.92 Å². The largest absolute Gasteiger partial charge is 0.481 e. The average Bonchev–Trinajstić information content (AvgIpc) is 2.40. The topological polar surface area (TPSA) is 58.6 Å². The van der Waals surface area contributed by atoms with Crippen molar-refractivity contribution in [2.45, 2.75) is 13.0 Å². The molecule has 1 aliphatic heterocycles. The van der Waals surface area contributed by atoms with Crippen molar-refractivity contribution in [3.8, 4) is 5.75 Å². The molecule has 102 valence electrons. The predicted molar refractivity (Wildman–Crippen MR) is 66.1 cm³/mol. The van der Waals surface area contributed by atoms with Crippen LogP contribution in [-0.4, -0.2) is 42.5 Å². The Morgan fingerprint density at radius 1 is 1.42 bits per heavy atom. The van der Waals surface area contributed by atoms with Gasteiger partial charge in [-0.05, 0) is 31.2 Å². The minimum atomic E-state index is -0.712. The van der Waals surface area contributed by atoms with E-state index in [0.717, 1.165) is 0 Å². The summed E-state index contributed by atoms with van der Waals surface area (Å²) in [5, 5.41) is 2.65. The highest BCUT2D eigenvalue weighted by Crippen LogP contribution is 2.14. The van der Waals surface area contributed by atoms with Gasteiger partial charge in [0, 0.05) is 13.1 Å². The number of hydrogen-bond acceptors (Lipinski definition) is 3. The van der Waals surface area contributed by atoms with Crippen LogP contribution in [0.4, 0.5) is 4.39 Å². The number of nitrogens with one attached hydrogen (secondary N) is 1. The zero-order valence-electron chi connectivity index (χ0n) is 10.6. The fourth-order valence-corrected chi connectivity index (χ4v) is 1.85. The lowest BCUT2D eigenvalue weighted by molar-refractivity contribution is -0.143. The molecule has 5 nitrogen and oxygen atoms in total. The molecule has 1 aromatic carbocycles. The maximum atomic E-state index is 12.7. The first-order valence-electron chi connectivity index (χ1n) is 6.04. The molecule has 2 amide bonds. The Hall–Kier alpha value is -2.11. The highest BCUT2D eigenvalue weighted by Gasteiger charge is 2.26. The summed E-state index contributed by atoms with van der Waals surface area (Å²) in [7, 11) is 0. The van der Waals surface area contributed by atoms with Crippen molar-refractivity contribution >= 4 is 11.8 Å². The van der Waals surface area contributed by atoms with Crippen molar-refractivity contribution in [3.05, 3.63) is 30.1 Å². The molecule has 0 aliphatic carbocycles. The van der Waals surface area contributed by atoms with Crippen molar-refractivity contribution in [3.63, 3.8) is 0 Å². The molecule has 0 saturated carbocycles. The fraction of sp³-hybridized carbons (Fsp3) is 0.385. The van der Waals surface area contributed by atoms with Crippen LogP contribution in [0.3, 0.4) is 0 Å². The Balaban J connectivity index is 1.95. The Bertz CT molecular complexity index is 475. The smallest absolute Gasteiger partial charge is 0.263 e. The second-order valence-electron chi connectivity index (χ2n) is 4.32. The molecule has 1 heterocycles. The number of carbonyl (C=O) groups excluding carboxylic acids is 2. The SMILES string of the molecule is C[C@H](Oc1ccc(F)cc1)C(=O)N1CCNC(=O)C1. The lowest BCUT2D eigenvalue weighted by Crippen LogP contribution is -2.53. The van der Waals surface area contributed by atoms with E-state index in [-0.39, 0.29) is 24.2 Å². The van der Waals surface area contributed by atoms with Crippen molar-refractivity contribution < 1.29 is 18.7 Å². The highest BCUT2D eigenvalue weighted by molar-refractivity contribution is 5.88. The van der Waals surface area contributed by atoms with Gasteiger partial charge in [-0.25, -0.2) is 4.39 Å². The average molecular weight is 266 g/mol. The van der Waals surface area contributed by atoms with Gasteiger partial charge < -0.3 is 15.0 Å². The third kappa shape index (κ3) is 3.43. The van der Waals surface area contributed by atoms with Crippen molar-refractivity contribution in [2.75, 3.05) is 19.6 Å². The molecular weight excluding hydrogens is 251 g/mol. The number of carbonyl (C=O) groups is 2. The Kier molecular flexibility index (Phi) is 3.99. The summed E-state index contributed by atoms with van der Waals surface area (Å²) in [6.45, 7) is 2.59.